The molecule has 2 atom stereocenters. The quantitative estimate of drug-likeness (QED) is 0.708. The number of carboxylic acid groups (broad SMARTS) is 1. The van der Waals surface area contributed by atoms with E-state index in [4.69, 9.17) is 9.84 Å². The first-order valence-electron chi connectivity index (χ1n) is 6.47. The fourth-order valence-corrected chi connectivity index (χ4v) is 2.07. The summed E-state index contributed by atoms with van der Waals surface area (Å²) in [5.41, 5.74) is 0. The Bertz CT molecular complexity index is 327. The normalized spacial score (nSPS) is 20.4. The van der Waals surface area contributed by atoms with Gasteiger partial charge in [-0.15, -0.1) is 6.58 Å². The molecule has 1 rings (SSSR count). The molecule has 0 bridgehead atoms. The van der Waals surface area contributed by atoms with E-state index in [1.54, 1.807) is 7.05 Å². The second kappa shape index (κ2) is 7.78. The van der Waals surface area contributed by atoms with Gasteiger partial charge in [0, 0.05) is 26.1 Å². The van der Waals surface area contributed by atoms with E-state index in [0.717, 1.165) is 19.4 Å². The van der Waals surface area contributed by atoms with Crippen molar-refractivity contribution in [3.63, 3.8) is 0 Å². The number of carboxylic acids is 1. The van der Waals surface area contributed by atoms with E-state index in [1.807, 2.05) is 0 Å². The maximum Gasteiger partial charge on any atom is 0.326 e. The van der Waals surface area contributed by atoms with Crippen LogP contribution < -0.4 is 5.32 Å². The van der Waals surface area contributed by atoms with Crippen LogP contribution in [0.3, 0.4) is 0 Å². The number of carbonyl (C=O) groups is 2. The van der Waals surface area contributed by atoms with Crippen molar-refractivity contribution in [2.24, 2.45) is 5.92 Å². The number of hydrogen-bond donors (Lipinski definition) is 2. The number of amides is 2. The standard InChI is InChI=1S/C13H22N2O4/c1-3-5-11(12(16)17)14-13(18)15(2)8-10-6-4-7-19-9-10/h3,10-11H,1,4-9H2,2H3,(H,14,18)(H,16,17). The number of nitrogens with one attached hydrogen (secondary N) is 1. The van der Waals surface area contributed by atoms with Gasteiger partial charge in [-0.25, -0.2) is 9.59 Å². The average molecular weight is 270 g/mol. The van der Waals surface area contributed by atoms with E-state index in [0.29, 0.717) is 19.1 Å². The van der Waals surface area contributed by atoms with E-state index in [1.165, 1.54) is 11.0 Å². The Labute approximate surface area is 113 Å². The molecule has 0 radical (unpaired) electrons. The van der Waals surface area contributed by atoms with Crippen LogP contribution >= 0.6 is 0 Å². The highest BCUT2D eigenvalue weighted by Gasteiger charge is 2.23. The fraction of sp³-hybridized carbons (Fsp3) is 0.692. The molecule has 0 aromatic heterocycles. The molecule has 0 spiro atoms. The minimum absolute atomic E-state index is 0.210. The molecule has 2 unspecified atom stereocenters. The molecule has 2 N–H and O–H groups in total. The van der Waals surface area contributed by atoms with E-state index in [9.17, 15) is 9.59 Å². The molecule has 0 aliphatic carbocycles. The Kier molecular flexibility index (Phi) is 6.35. The van der Waals surface area contributed by atoms with Gasteiger partial charge in [0.1, 0.15) is 6.04 Å². The van der Waals surface area contributed by atoms with Crippen LogP contribution in [0.2, 0.25) is 0 Å². The van der Waals surface area contributed by atoms with E-state index < -0.39 is 12.0 Å². The maximum atomic E-state index is 11.9. The fourth-order valence-electron chi connectivity index (χ4n) is 2.07. The first kappa shape index (κ1) is 15.5. The molecular formula is C13H22N2O4. The zero-order chi connectivity index (χ0) is 14.3. The van der Waals surface area contributed by atoms with Gasteiger partial charge in [0.2, 0.25) is 0 Å². The second-order valence-corrected chi connectivity index (χ2v) is 4.83. The molecule has 0 aromatic rings. The van der Waals surface area contributed by atoms with Crippen LogP contribution in [0.15, 0.2) is 12.7 Å². The van der Waals surface area contributed by atoms with Gasteiger partial charge < -0.3 is 20.1 Å². The molecule has 1 aliphatic heterocycles. The summed E-state index contributed by atoms with van der Waals surface area (Å²) in [7, 11) is 1.66. The lowest BCUT2D eigenvalue weighted by atomic mass is 10.0. The molecule has 1 fully saturated rings. The topological polar surface area (TPSA) is 78.9 Å². The highest BCUT2D eigenvalue weighted by molar-refractivity contribution is 5.82. The third-order valence-electron chi connectivity index (χ3n) is 3.13. The molecule has 6 nitrogen and oxygen atoms in total. The Hall–Kier alpha value is -1.56. The molecule has 6 heteroatoms. The van der Waals surface area contributed by atoms with Gasteiger partial charge in [-0.2, -0.15) is 0 Å². The van der Waals surface area contributed by atoms with Crippen LogP contribution in [0.25, 0.3) is 0 Å². The largest absolute Gasteiger partial charge is 0.480 e. The lowest BCUT2D eigenvalue weighted by Crippen LogP contribution is -2.48. The Morgan fingerprint density at radius 1 is 1.63 bits per heavy atom. The average Bonchev–Trinajstić information content (AvgIpc) is 2.39. The van der Waals surface area contributed by atoms with Crippen LogP contribution in [0, 0.1) is 5.92 Å². The first-order chi connectivity index (χ1) is 9.04. The van der Waals surface area contributed by atoms with Crippen molar-refractivity contribution in [1.29, 1.82) is 0 Å². The van der Waals surface area contributed by atoms with Crippen molar-refractivity contribution in [2.45, 2.75) is 25.3 Å². The number of urea groups is 1. The summed E-state index contributed by atoms with van der Waals surface area (Å²) in [6.45, 7) is 5.50. The lowest BCUT2D eigenvalue weighted by molar-refractivity contribution is -0.139. The van der Waals surface area contributed by atoms with Crippen LogP contribution in [0.1, 0.15) is 19.3 Å². The molecule has 1 aliphatic rings. The molecule has 0 saturated carbocycles. The zero-order valence-electron chi connectivity index (χ0n) is 11.3. The van der Waals surface area contributed by atoms with Crippen molar-refractivity contribution in [2.75, 3.05) is 26.8 Å². The van der Waals surface area contributed by atoms with E-state index >= 15 is 0 Å². The molecule has 1 heterocycles. The van der Waals surface area contributed by atoms with Crippen LogP contribution in [0.4, 0.5) is 4.79 Å². The maximum absolute atomic E-state index is 11.9. The minimum atomic E-state index is -1.05. The number of hydrogen-bond acceptors (Lipinski definition) is 3. The molecule has 108 valence electrons. The predicted octanol–water partition coefficient (Wildman–Crippen LogP) is 1.08. The van der Waals surface area contributed by atoms with Gasteiger partial charge in [-0.05, 0) is 19.3 Å². The highest BCUT2D eigenvalue weighted by Crippen LogP contribution is 2.14. The summed E-state index contributed by atoms with van der Waals surface area (Å²) in [6.07, 6.45) is 3.73. The Morgan fingerprint density at radius 2 is 2.37 bits per heavy atom. The third-order valence-corrected chi connectivity index (χ3v) is 3.13. The smallest absolute Gasteiger partial charge is 0.326 e. The van der Waals surface area contributed by atoms with Crippen molar-refractivity contribution in [3.8, 4) is 0 Å². The van der Waals surface area contributed by atoms with Crippen LogP contribution in [0.5, 0.6) is 0 Å². The van der Waals surface area contributed by atoms with E-state index in [-0.39, 0.29) is 12.5 Å². The second-order valence-electron chi connectivity index (χ2n) is 4.83. The molecule has 19 heavy (non-hydrogen) atoms. The van der Waals surface area contributed by atoms with Gasteiger partial charge >= 0.3 is 12.0 Å². The molecule has 2 amide bonds. The van der Waals surface area contributed by atoms with Gasteiger partial charge in [-0.1, -0.05) is 6.08 Å². The Balaban J connectivity index is 2.41. The minimum Gasteiger partial charge on any atom is -0.480 e. The summed E-state index contributed by atoms with van der Waals surface area (Å²) in [6, 6.07) is -1.30. The summed E-state index contributed by atoms with van der Waals surface area (Å²) in [5, 5.41) is 11.4. The first-order valence-corrected chi connectivity index (χ1v) is 6.47. The third kappa shape index (κ3) is 5.30. The molecular weight excluding hydrogens is 248 g/mol. The monoisotopic (exact) mass is 270 g/mol. The summed E-state index contributed by atoms with van der Waals surface area (Å²) >= 11 is 0. The van der Waals surface area contributed by atoms with Gasteiger partial charge in [-0.3, -0.25) is 0 Å². The number of carbonyl (C=O) groups excluding carboxylic acids is 1. The zero-order valence-corrected chi connectivity index (χ0v) is 11.3. The number of aliphatic carboxylic acids is 1. The summed E-state index contributed by atoms with van der Waals surface area (Å²) < 4.78 is 5.35. The van der Waals surface area contributed by atoms with Gasteiger partial charge in [0.25, 0.3) is 0 Å². The van der Waals surface area contributed by atoms with Crippen LogP contribution in [-0.2, 0) is 9.53 Å². The summed E-state index contributed by atoms with van der Waals surface area (Å²) in [4.78, 5) is 24.3. The van der Waals surface area contributed by atoms with Crippen LogP contribution in [-0.4, -0.2) is 54.9 Å². The van der Waals surface area contributed by atoms with Crippen molar-refractivity contribution >= 4 is 12.0 Å². The summed E-state index contributed by atoms with van der Waals surface area (Å²) in [5.74, 6) is -0.727. The number of rotatable bonds is 6. The highest BCUT2D eigenvalue weighted by atomic mass is 16.5. The number of nitrogens with zero attached hydrogens (tertiary/aromatic N) is 1. The SMILES string of the molecule is C=CCC(NC(=O)N(C)CC1CCCOC1)C(=O)O. The molecule has 0 aromatic carbocycles. The van der Waals surface area contributed by atoms with Crippen molar-refractivity contribution in [1.82, 2.24) is 10.2 Å². The Morgan fingerprint density at radius 3 is 2.89 bits per heavy atom. The number of ether oxygens (including phenoxy) is 1. The predicted molar refractivity (Wildman–Crippen MR) is 70.9 cm³/mol. The lowest BCUT2D eigenvalue weighted by Gasteiger charge is -2.28. The van der Waals surface area contributed by atoms with Crippen molar-refractivity contribution < 1.29 is 19.4 Å². The van der Waals surface area contributed by atoms with Gasteiger partial charge in [0.05, 0.1) is 6.61 Å². The van der Waals surface area contributed by atoms with Gasteiger partial charge in [0.15, 0.2) is 0 Å². The van der Waals surface area contributed by atoms with Crippen molar-refractivity contribution in [3.05, 3.63) is 12.7 Å². The molecule has 1 saturated heterocycles. The van der Waals surface area contributed by atoms with E-state index in [2.05, 4.69) is 11.9 Å².